The Morgan fingerprint density at radius 1 is 1.52 bits per heavy atom. The normalized spacial score (nSPS) is 10.5. The number of hydrogen-bond acceptors (Lipinski definition) is 7. The zero-order chi connectivity index (χ0) is 15.2. The van der Waals surface area contributed by atoms with Crippen molar-refractivity contribution in [2.75, 3.05) is 26.1 Å². The lowest BCUT2D eigenvalue weighted by atomic mass is 10.2. The number of aromatic nitrogens is 2. The maximum atomic E-state index is 11.6. The number of nitrogens with zero attached hydrogens (tertiary/aromatic N) is 2. The van der Waals surface area contributed by atoms with E-state index in [2.05, 4.69) is 5.10 Å². The summed E-state index contributed by atoms with van der Waals surface area (Å²) < 4.78 is 16.1. The Bertz CT molecular complexity index is 618. The van der Waals surface area contributed by atoms with Gasteiger partial charge in [-0.05, 0) is 12.1 Å². The molecule has 2 heterocycles. The van der Waals surface area contributed by atoms with Gasteiger partial charge in [0.1, 0.15) is 24.7 Å². The molecule has 0 spiro atoms. The van der Waals surface area contributed by atoms with E-state index < -0.39 is 5.97 Å². The molecule has 0 radical (unpaired) electrons. The highest BCUT2D eigenvalue weighted by Gasteiger charge is 2.20. The van der Waals surface area contributed by atoms with E-state index in [1.165, 1.54) is 18.1 Å². The quantitative estimate of drug-likeness (QED) is 0.455. The second-order valence-electron chi connectivity index (χ2n) is 4.11. The van der Waals surface area contributed by atoms with Gasteiger partial charge in [0.05, 0.1) is 18.4 Å². The second kappa shape index (κ2) is 6.71. The first-order valence-electron chi connectivity index (χ1n) is 6.17. The zero-order valence-electron chi connectivity index (χ0n) is 11.4. The van der Waals surface area contributed by atoms with Gasteiger partial charge >= 0.3 is 5.97 Å². The van der Waals surface area contributed by atoms with Crippen LogP contribution in [-0.2, 0) is 20.8 Å². The Hall–Kier alpha value is -2.61. The van der Waals surface area contributed by atoms with E-state index in [0.29, 0.717) is 18.7 Å². The minimum atomic E-state index is -0.523. The maximum Gasteiger partial charge on any atom is 0.327 e. The van der Waals surface area contributed by atoms with E-state index in [1.54, 1.807) is 12.1 Å². The number of rotatable bonds is 7. The molecule has 0 unspecified atom stereocenters. The zero-order valence-corrected chi connectivity index (χ0v) is 11.4. The van der Waals surface area contributed by atoms with Gasteiger partial charge in [-0.15, -0.1) is 0 Å². The maximum absolute atomic E-state index is 11.6. The molecule has 0 aliphatic rings. The van der Waals surface area contributed by atoms with Crippen molar-refractivity contribution in [1.82, 2.24) is 9.78 Å². The van der Waals surface area contributed by atoms with Crippen molar-refractivity contribution in [3.05, 3.63) is 24.0 Å². The standard InChI is InChI=1S/C13H15N3O5/c1-19-5-6-21-11(18)7-16-13(14)9(8-17)12(15-16)10-3-2-4-20-10/h2-4,8H,5-7,14H2,1H3. The topological polar surface area (TPSA) is 110 Å². The van der Waals surface area contributed by atoms with Crippen LogP contribution in [0.25, 0.3) is 11.5 Å². The van der Waals surface area contributed by atoms with Crippen LogP contribution in [0.5, 0.6) is 0 Å². The summed E-state index contributed by atoms with van der Waals surface area (Å²) in [5.74, 6) is -0.0416. The number of nitrogen functional groups attached to an aromatic ring is 1. The number of hydrogen-bond donors (Lipinski definition) is 1. The smallest absolute Gasteiger partial charge is 0.327 e. The monoisotopic (exact) mass is 293 g/mol. The highest BCUT2D eigenvalue weighted by molar-refractivity contribution is 5.90. The van der Waals surface area contributed by atoms with E-state index >= 15 is 0 Å². The van der Waals surface area contributed by atoms with Crippen molar-refractivity contribution in [3.63, 3.8) is 0 Å². The molecule has 2 rings (SSSR count). The van der Waals surface area contributed by atoms with Gasteiger partial charge in [-0.3, -0.25) is 9.59 Å². The van der Waals surface area contributed by atoms with Crippen LogP contribution >= 0.6 is 0 Å². The first kappa shape index (κ1) is 14.8. The van der Waals surface area contributed by atoms with Gasteiger partial charge in [0.15, 0.2) is 12.0 Å². The van der Waals surface area contributed by atoms with Crippen LogP contribution in [-0.4, -0.2) is 42.4 Å². The summed E-state index contributed by atoms with van der Waals surface area (Å²) in [5, 5.41) is 4.13. The number of carbonyl (C=O) groups is 2. The molecule has 0 amide bonds. The van der Waals surface area contributed by atoms with Gasteiger partial charge in [0.2, 0.25) is 0 Å². The molecule has 0 saturated carbocycles. The van der Waals surface area contributed by atoms with E-state index in [-0.39, 0.29) is 30.2 Å². The number of carbonyl (C=O) groups excluding carboxylic acids is 2. The third kappa shape index (κ3) is 3.29. The average Bonchev–Trinajstić information content (AvgIpc) is 3.08. The highest BCUT2D eigenvalue weighted by Crippen LogP contribution is 2.26. The van der Waals surface area contributed by atoms with Crippen LogP contribution in [0.4, 0.5) is 5.82 Å². The Morgan fingerprint density at radius 2 is 2.33 bits per heavy atom. The van der Waals surface area contributed by atoms with Crippen LogP contribution in [0.2, 0.25) is 0 Å². The van der Waals surface area contributed by atoms with Gasteiger partial charge in [-0.2, -0.15) is 5.10 Å². The van der Waals surface area contributed by atoms with E-state index in [4.69, 9.17) is 19.6 Å². The number of ether oxygens (including phenoxy) is 2. The number of esters is 1. The number of furan rings is 1. The Kier molecular flexibility index (Phi) is 4.72. The number of anilines is 1. The molecule has 21 heavy (non-hydrogen) atoms. The van der Waals surface area contributed by atoms with Crippen LogP contribution in [0.15, 0.2) is 22.8 Å². The number of aldehydes is 1. The lowest BCUT2D eigenvalue weighted by Crippen LogP contribution is -2.18. The van der Waals surface area contributed by atoms with Crippen molar-refractivity contribution < 1.29 is 23.5 Å². The molecule has 0 aromatic carbocycles. The van der Waals surface area contributed by atoms with Crippen molar-refractivity contribution >= 4 is 18.1 Å². The predicted octanol–water partition coefficient (Wildman–Crippen LogP) is 0.727. The molecule has 0 atom stereocenters. The Balaban J connectivity index is 2.17. The summed E-state index contributed by atoms with van der Waals surface area (Å²) in [6.07, 6.45) is 2.03. The Labute approximate surface area is 120 Å². The fourth-order valence-electron chi connectivity index (χ4n) is 1.73. The molecule has 112 valence electrons. The molecule has 0 aliphatic carbocycles. The molecule has 0 saturated heterocycles. The summed E-state index contributed by atoms with van der Waals surface area (Å²) in [5.41, 5.74) is 6.28. The van der Waals surface area contributed by atoms with Gasteiger partial charge < -0.3 is 19.6 Å². The number of nitrogens with two attached hydrogens (primary N) is 1. The molecule has 2 aromatic heterocycles. The fourth-order valence-corrected chi connectivity index (χ4v) is 1.73. The summed E-state index contributed by atoms with van der Waals surface area (Å²) >= 11 is 0. The van der Waals surface area contributed by atoms with Crippen molar-refractivity contribution in [2.45, 2.75) is 6.54 Å². The SMILES string of the molecule is COCCOC(=O)Cn1nc(-c2ccco2)c(C=O)c1N. The summed E-state index contributed by atoms with van der Waals surface area (Å²) in [6.45, 7) is 0.247. The van der Waals surface area contributed by atoms with Gasteiger partial charge in [-0.25, -0.2) is 4.68 Å². The van der Waals surface area contributed by atoms with Gasteiger partial charge in [0, 0.05) is 7.11 Å². The summed E-state index contributed by atoms with van der Waals surface area (Å²) in [4.78, 5) is 22.8. The molecule has 0 fully saturated rings. The third-order valence-electron chi connectivity index (χ3n) is 2.73. The van der Waals surface area contributed by atoms with Crippen LogP contribution < -0.4 is 5.73 Å². The first-order valence-corrected chi connectivity index (χ1v) is 6.17. The fraction of sp³-hybridized carbons (Fsp3) is 0.308. The van der Waals surface area contributed by atoms with E-state index in [0.717, 1.165) is 0 Å². The van der Waals surface area contributed by atoms with E-state index in [9.17, 15) is 9.59 Å². The van der Waals surface area contributed by atoms with Crippen molar-refractivity contribution in [3.8, 4) is 11.5 Å². The Morgan fingerprint density at radius 3 is 2.95 bits per heavy atom. The molecule has 0 bridgehead atoms. The molecule has 8 nitrogen and oxygen atoms in total. The highest BCUT2D eigenvalue weighted by atomic mass is 16.6. The second-order valence-corrected chi connectivity index (χ2v) is 4.11. The van der Waals surface area contributed by atoms with Crippen LogP contribution in [0.3, 0.4) is 0 Å². The van der Waals surface area contributed by atoms with Crippen LogP contribution in [0, 0.1) is 0 Å². The van der Waals surface area contributed by atoms with E-state index in [1.807, 2.05) is 0 Å². The molecule has 0 aliphatic heterocycles. The number of methoxy groups -OCH3 is 1. The third-order valence-corrected chi connectivity index (χ3v) is 2.73. The average molecular weight is 293 g/mol. The molecule has 8 heteroatoms. The molecule has 2 aromatic rings. The minimum absolute atomic E-state index is 0.0834. The first-order chi connectivity index (χ1) is 10.2. The van der Waals surface area contributed by atoms with Crippen molar-refractivity contribution in [1.29, 1.82) is 0 Å². The minimum Gasteiger partial charge on any atom is -0.463 e. The van der Waals surface area contributed by atoms with Crippen molar-refractivity contribution in [2.24, 2.45) is 0 Å². The summed E-state index contributed by atoms with van der Waals surface area (Å²) in [7, 11) is 1.51. The molecular weight excluding hydrogens is 278 g/mol. The predicted molar refractivity (Wildman–Crippen MR) is 72.6 cm³/mol. The molecule has 2 N–H and O–H groups in total. The lowest BCUT2D eigenvalue weighted by Gasteiger charge is -2.05. The van der Waals surface area contributed by atoms with Gasteiger partial charge in [-0.1, -0.05) is 0 Å². The van der Waals surface area contributed by atoms with Gasteiger partial charge in [0.25, 0.3) is 0 Å². The molecular formula is C13H15N3O5. The largest absolute Gasteiger partial charge is 0.463 e. The van der Waals surface area contributed by atoms with Crippen LogP contribution in [0.1, 0.15) is 10.4 Å². The lowest BCUT2D eigenvalue weighted by molar-refractivity contribution is -0.145. The summed E-state index contributed by atoms with van der Waals surface area (Å²) in [6, 6.07) is 3.31.